The average Bonchev–Trinajstić information content (AvgIpc) is 3.19. The Hall–Kier alpha value is -2.63. The minimum absolute atomic E-state index is 0.0319. The number of ether oxygens (including phenoxy) is 1. The van der Waals surface area contributed by atoms with Gasteiger partial charge in [0, 0.05) is 32.4 Å². The number of amides is 1. The van der Waals surface area contributed by atoms with E-state index in [1.165, 1.54) is 10.8 Å². The molecule has 0 aliphatic heterocycles. The van der Waals surface area contributed by atoms with E-state index < -0.39 is 5.91 Å². The molecule has 8 heteroatoms. The van der Waals surface area contributed by atoms with Crippen molar-refractivity contribution in [3.8, 4) is 6.07 Å². The van der Waals surface area contributed by atoms with Gasteiger partial charge >= 0.3 is 0 Å². The van der Waals surface area contributed by atoms with Crippen LogP contribution >= 0.6 is 11.3 Å². The predicted molar refractivity (Wildman–Crippen MR) is 96.8 cm³/mol. The van der Waals surface area contributed by atoms with Crippen LogP contribution in [0.1, 0.15) is 25.0 Å². The summed E-state index contributed by atoms with van der Waals surface area (Å²) in [5, 5.41) is 12.3. The number of aromatic nitrogens is 1. The first-order valence-corrected chi connectivity index (χ1v) is 9.14. The third-order valence-corrected chi connectivity index (χ3v) is 5.05. The van der Waals surface area contributed by atoms with Gasteiger partial charge in [-0.2, -0.15) is 5.26 Å². The Morgan fingerprint density at radius 1 is 1.58 bits per heavy atom. The van der Waals surface area contributed by atoms with Crippen LogP contribution in [-0.4, -0.2) is 30.2 Å². The first-order chi connectivity index (χ1) is 12.6. The number of carbonyl (C=O) groups excluding carboxylic acids is 1. The second-order valence-electron chi connectivity index (χ2n) is 5.97. The van der Waals surface area contributed by atoms with Gasteiger partial charge in [-0.05, 0) is 31.4 Å². The fourth-order valence-corrected chi connectivity index (χ4v) is 3.56. The van der Waals surface area contributed by atoms with Gasteiger partial charge in [-0.1, -0.05) is 0 Å². The van der Waals surface area contributed by atoms with Crippen LogP contribution in [0.3, 0.4) is 0 Å². The van der Waals surface area contributed by atoms with Gasteiger partial charge in [0.05, 0.1) is 10.8 Å². The Balaban J connectivity index is 2.12. The first kappa shape index (κ1) is 18.2. The largest absolute Gasteiger partial charge is 0.465 e. The summed E-state index contributed by atoms with van der Waals surface area (Å²) in [5.74, 6) is 0.112. The van der Waals surface area contributed by atoms with E-state index in [4.69, 9.17) is 9.15 Å². The molecular weight excluding hydrogens is 354 g/mol. The lowest BCUT2D eigenvalue weighted by atomic mass is 10.3. The third-order valence-electron chi connectivity index (χ3n) is 3.92. The summed E-state index contributed by atoms with van der Waals surface area (Å²) in [4.78, 5) is 25.2. The van der Waals surface area contributed by atoms with Crippen LogP contribution in [0, 0.1) is 11.3 Å². The molecule has 2 heterocycles. The number of hydrogen-bond acceptors (Lipinski definition) is 6. The monoisotopic (exact) mass is 373 g/mol. The molecule has 0 aromatic carbocycles. The molecule has 1 fully saturated rings. The van der Waals surface area contributed by atoms with Crippen LogP contribution in [0.4, 0.5) is 0 Å². The van der Waals surface area contributed by atoms with Gasteiger partial charge < -0.3 is 14.5 Å². The Kier molecular flexibility index (Phi) is 5.71. The fourth-order valence-electron chi connectivity index (χ4n) is 2.46. The van der Waals surface area contributed by atoms with Crippen molar-refractivity contribution in [3.05, 3.63) is 43.7 Å². The zero-order valence-corrected chi connectivity index (χ0v) is 15.2. The lowest BCUT2D eigenvalue weighted by Gasteiger charge is -2.04. The Bertz CT molecular complexity index is 991. The van der Waals surface area contributed by atoms with Gasteiger partial charge in [0.1, 0.15) is 16.5 Å². The van der Waals surface area contributed by atoms with Crippen LogP contribution in [0.25, 0.3) is 11.6 Å². The smallest absolute Gasteiger partial charge is 0.269 e. The summed E-state index contributed by atoms with van der Waals surface area (Å²) in [6, 6.07) is 5.57. The van der Waals surface area contributed by atoms with Crippen molar-refractivity contribution in [1.29, 1.82) is 5.26 Å². The average molecular weight is 373 g/mol. The van der Waals surface area contributed by atoms with Crippen molar-refractivity contribution in [3.63, 3.8) is 0 Å². The maximum atomic E-state index is 12.8. The number of nitrogens with zero attached hydrogens (tertiary/aromatic N) is 2. The minimum atomic E-state index is -0.429. The number of methoxy groups -OCH3 is 1. The minimum Gasteiger partial charge on any atom is -0.465 e. The van der Waals surface area contributed by atoms with E-state index in [0.29, 0.717) is 34.5 Å². The number of nitriles is 1. The first-order valence-electron chi connectivity index (χ1n) is 8.33. The lowest BCUT2D eigenvalue weighted by molar-refractivity contribution is -0.115. The number of hydrogen-bond donors (Lipinski definition) is 1. The molecule has 7 nitrogen and oxygen atoms in total. The molecule has 1 aliphatic carbocycles. The molecular formula is C18H19N3O4S. The highest BCUT2D eigenvalue weighted by molar-refractivity contribution is 7.07. The van der Waals surface area contributed by atoms with E-state index >= 15 is 0 Å². The summed E-state index contributed by atoms with van der Waals surface area (Å²) in [7, 11) is 1.59. The molecule has 0 radical (unpaired) electrons. The van der Waals surface area contributed by atoms with E-state index in [-0.39, 0.29) is 17.2 Å². The maximum Gasteiger partial charge on any atom is 0.269 e. The molecule has 0 atom stereocenters. The Labute approximate surface area is 153 Å². The van der Waals surface area contributed by atoms with Gasteiger partial charge in [-0.25, -0.2) is 0 Å². The topological polar surface area (TPSA) is 97.3 Å². The van der Waals surface area contributed by atoms with Crippen LogP contribution in [0.5, 0.6) is 0 Å². The number of thiazole rings is 1. The van der Waals surface area contributed by atoms with Crippen molar-refractivity contribution >= 4 is 28.9 Å². The van der Waals surface area contributed by atoms with Crippen molar-refractivity contribution < 1.29 is 13.9 Å². The fraction of sp³-hybridized carbons (Fsp3) is 0.389. The van der Waals surface area contributed by atoms with Crippen LogP contribution in [0.2, 0.25) is 0 Å². The van der Waals surface area contributed by atoms with E-state index in [2.05, 4.69) is 5.32 Å². The van der Waals surface area contributed by atoms with Crippen molar-refractivity contribution in [2.24, 2.45) is 0 Å². The second-order valence-corrected chi connectivity index (χ2v) is 7.00. The van der Waals surface area contributed by atoms with Gasteiger partial charge in [-0.15, -0.1) is 11.3 Å². The molecule has 1 aliphatic rings. The molecule has 1 saturated carbocycles. The Morgan fingerprint density at radius 2 is 2.38 bits per heavy atom. The zero-order valence-electron chi connectivity index (χ0n) is 14.4. The van der Waals surface area contributed by atoms with E-state index in [9.17, 15) is 14.9 Å². The normalized spacial score (nSPS) is 15.6. The summed E-state index contributed by atoms with van der Waals surface area (Å²) in [5.41, 5.74) is -0.278. The number of furan rings is 1. The Morgan fingerprint density at radius 3 is 3.00 bits per heavy atom. The number of carbonyl (C=O) groups is 1. The summed E-state index contributed by atoms with van der Waals surface area (Å²) < 4.78 is 12.6. The summed E-state index contributed by atoms with van der Waals surface area (Å²) in [6.07, 6.45) is 5.59. The highest BCUT2D eigenvalue weighted by Crippen LogP contribution is 2.19. The third kappa shape index (κ3) is 4.12. The molecule has 2 aromatic heterocycles. The zero-order chi connectivity index (χ0) is 18.5. The van der Waals surface area contributed by atoms with Crippen molar-refractivity contribution in [2.75, 3.05) is 13.7 Å². The van der Waals surface area contributed by atoms with Crippen molar-refractivity contribution in [1.82, 2.24) is 9.88 Å². The number of rotatable bonds is 7. The van der Waals surface area contributed by atoms with Gasteiger partial charge in [-0.3, -0.25) is 14.2 Å². The molecule has 2 aromatic rings. The van der Waals surface area contributed by atoms with Crippen molar-refractivity contribution in [2.45, 2.75) is 31.8 Å². The van der Waals surface area contributed by atoms with E-state index in [1.807, 2.05) is 6.07 Å². The molecule has 1 N–H and O–H groups in total. The van der Waals surface area contributed by atoms with Gasteiger partial charge in [0.2, 0.25) is 0 Å². The van der Waals surface area contributed by atoms with Gasteiger partial charge in [0.25, 0.3) is 11.5 Å². The SMILES string of the molecule is COCCCn1c(=O)/c(=C/c2ccco2)s/c1=C(/C#N)C(=O)NC1CC1. The highest BCUT2D eigenvalue weighted by atomic mass is 32.1. The molecule has 3 rings (SSSR count). The molecule has 0 bridgehead atoms. The van der Waals surface area contributed by atoms with E-state index in [0.717, 1.165) is 24.2 Å². The standard InChI is InChI=1S/C18H19N3O4S/c1-24-8-3-7-21-17(23)15(10-13-4-2-9-25-13)26-18(21)14(11-19)16(22)20-12-5-6-12/h2,4,9-10,12H,3,5-8H2,1H3,(H,20,22)/b15-10-,18-14-. The van der Waals surface area contributed by atoms with Crippen LogP contribution in [-0.2, 0) is 16.1 Å². The lowest BCUT2D eigenvalue weighted by Crippen LogP contribution is -2.35. The molecule has 0 spiro atoms. The predicted octanol–water partition coefficient (Wildman–Crippen LogP) is 0.321. The quantitative estimate of drug-likeness (QED) is 0.705. The van der Waals surface area contributed by atoms with E-state index in [1.54, 1.807) is 25.3 Å². The van der Waals surface area contributed by atoms with Crippen LogP contribution in [0.15, 0.2) is 27.6 Å². The molecule has 136 valence electrons. The van der Waals surface area contributed by atoms with Gasteiger partial charge in [0.15, 0.2) is 5.57 Å². The summed E-state index contributed by atoms with van der Waals surface area (Å²) >= 11 is 1.12. The second kappa shape index (κ2) is 8.17. The maximum absolute atomic E-state index is 12.8. The van der Waals surface area contributed by atoms with Crippen LogP contribution < -0.4 is 20.1 Å². The molecule has 0 saturated heterocycles. The molecule has 1 amide bonds. The molecule has 0 unspecified atom stereocenters. The molecule has 26 heavy (non-hydrogen) atoms. The highest BCUT2D eigenvalue weighted by Gasteiger charge is 2.26. The number of nitrogens with one attached hydrogen (secondary N) is 1. The summed E-state index contributed by atoms with van der Waals surface area (Å²) in [6.45, 7) is 0.849.